The topological polar surface area (TPSA) is 68.6 Å². The predicted octanol–water partition coefficient (Wildman–Crippen LogP) is 4.77. The lowest BCUT2D eigenvalue weighted by Gasteiger charge is -2.10. The smallest absolute Gasteiger partial charge is 0.220 e. The molecule has 3 aromatic rings. The largest absolute Gasteiger partial charge is 0.481 e. The van der Waals surface area contributed by atoms with Crippen molar-refractivity contribution in [1.82, 2.24) is 9.97 Å². The molecule has 0 unspecified atom stereocenters. The molecule has 3 rings (SSSR count). The number of anilines is 1. The number of benzene rings is 2. The van der Waals surface area contributed by atoms with Crippen molar-refractivity contribution >= 4 is 38.9 Å². The Labute approximate surface area is 170 Å². The van der Waals surface area contributed by atoms with Crippen LogP contribution in [0.2, 0.25) is 5.02 Å². The van der Waals surface area contributed by atoms with Crippen LogP contribution in [0.5, 0.6) is 11.8 Å². The van der Waals surface area contributed by atoms with E-state index in [0.717, 1.165) is 15.7 Å². The fourth-order valence-corrected chi connectivity index (χ4v) is 2.61. The fourth-order valence-electron chi connectivity index (χ4n) is 2.22. The number of hydrazone groups is 1. The van der Waals surface area contributed by atoms with Crippen molar-refractivity contribution < 1.29 is 9.47 Å². The first-order valence-corrected chi connectivity index (χ1v) is 9.09. The lowest BCUT2D eigenvalue weighted by molar-refractivity contribution is 0.371. The van der Waals surface area contributed by atoms with E-state index in [9.17, 15) is 0 Å². The molecule has 6 nitrogen and oxygen atoms in total. The average Bonchev–Trinajstić information content (AvgIpc) is 2.70. The maximum absolute atomic E-state index is 6.01. The van der Waals surface area contributed by atoms with Crippen LogP contribution < -0.4 is 14.9 Å². The Bertz CT molecular complexity index is 925. The second-order valence-corrected chi connectivity index (χ2v) is 6.71. The van der Waals surface area contributed by atoms with Crippen LogP contribution in [-0.2, 0) is 0 Å². The monoisotopic (exact) mass is 446 g/mol. The molecular formula is C19H16BrClN4O2. The van der Waals surface area contributed by atoms with Crippen molar-refractivity contribution in [1.29, 1.82) is 0 Å². The molecule has 0 saturated carbocycles. The number of aromatic nitrogens is 2. The van der Waals surface area contributed by atoms with E-state index in [0.29, 0.717) is 28.3 Å². The predicted molar refractivity (Wildman–Crippen MR) is 110 cm³/mol. The summed E-state index contributed by atoms with van der Waals surface area (Å²) in [6.45, 7) is 0. The number of methoxy groups -OCH3 is 2. The molecule has 27 heavy (non-hydrogen) atoms. The summed E-state index contributed by atoms with van der Waals surface area (Å²) in [4.78, 5) is 8.80. The van der Waals surface area contributed by atoms with Crippen molar-refractivity contribution in [2.45, 2.75) is 0 Å². The summed E-state index contributed by atoms with van der Waals surface area (Å²) in [6, 6.07) is 16.5. The van der Waals surface area contributed by atoms with Crippen LogP contribution >= 0.6 is 27.5 Å². The normalized spacial score (nSPS) is 11.2. The number of rotatable bonds is 6. The van der Waals surface area contributed by atoms with Crippen molar-refractivity contribution in [3.05, 3.63) is 75.5 Å². The molecule has 0 aliphatic rings. The van der Waals surface area contributed by atoms with Gasteiger partial charge in [0.15, 0.2) is 5.82 Å². The summed E-state index contributed by atoms with van der Waals surface area (Å²) in [5.74, 6) is 1.11. The van der Waals surface area contributed by atoms with Gasteiger partial charge in [-0.15, -0.1) is 0 Å². The van der Waals surface area contributed by atoms with Crippen molar-refractivity contribution in [3.63, 3.8) is 0 Å². The molecule has 0 amide bonds. The first kappa shape index (κ1) is 19.1. The van der Waals surface area contributed by atoms with Crippen LogP contribution in [0.1, 0.15) is 11.4 Å². The third-order valence-electron chi connectivity index (χ3n) is 3.57. The summed E-state index contributed by atoms with van der Waals surface area (Å²) in [5, 5.41) is 5.14. The minimum atomic E-state index is 0.359. The second kappa shape index (κ2) is 8.83. The van der Waals surface area contributed by atoms with Crippen LogP contribution in [-0.4, -0.2) is 29.9 Å². The summed E-state index contributed by atoms with van der Waals surface area (Å²) in [5.41, 5.74) is 5.16. The van der Waals surface area contributed by atoms with Gasteiger partial charge in [0.25, 0.3) is 0 Å². The lowest BCUT2D eigenvalue weighted by Crippen LogP contribution is -2.12. The van der Waals surface area contributed by atoms with E-state index >= 15 is 0 Å². The van der Waals surface area contributed by atoms with Gasteiger partial charge in [-0.3, -0.25) is 5.43 Å². The standard InChI is InChI=1S/C19H16BrClN4O2/c1-26-16-11-17(27-2)23-19(22-16)18(12-3-7-14(21)8-4-12)25-24-15-9-5-13(20)6-10-15/h3-11,24H,1-2H3/b25-18-. The van der Waals surface area contributed by atoms with Crippen molar-refractivity contribution in [2.75, 3.05) is 19.6 Å². The summed E-state index contributed by atoms with van der Waals surface area (Å²) in [6.07, 6.45) is 0. The summed E-state index contributed by atoms with van der Waals surface area (Å²) < 4.78 is 11.5. The highest BCUT2D eigenvalue weighted by Gasteiger charge is 2.15. The number of hydrogen-bond donors (Lipinski definition) is 1. The van der Waals surface area contributed by atoms with E-state index in [1.54, 1.807) is 18.2 Å². The highest BCUT2D eigenvalue weighted by molar-refractivity contribution is 9.10. The van der Waals surface area contributed by atoms with Crippen LogP contribution in [0.15, 0.2) is 64.2 Å². The molecule has 0 saturated heterocycles. The van der Waals surface area contributed by atoms with Gasteiger partial charge in [0.05, 0.1) is 26.0 Å². The van der Waals surface area contributed by atoms with Crippen LogP contribution in [0.25, 0.3) is 0 Å². The van der Waals surface area contributed by atoms with Gasteiger partial charge in [-0.1, -0.05) is 39.7 Å². The number of nitrogens with one attached hydrogen (secondary N) is 1. The Morgan fingerprint density at radius 2 is 1.56 bits per heavy atom. The zero-order valence-corrected chi connectivity index (χ0v) is 17.0. The number of hydrogen-bond acceptors (Lipinski definition) is 6. The molecule has 8 heteroatoms. The zero-order valence-electron chi connectivity index (χ0n) is 14.6. The lowest BCUT2D eigenvalue weighted by atomic mass is 10.1. The Morgan fingerprint density at radius 3 is 2.11 bits per heavy atom. The third-order valence-corrected chi connectivity index (χ3v) is 4.35. The van der Waals surface area contributed by atoms with Gasteiger partial charge in [0.2, 0.25) is 11.8 Å². The van der Waals surface area contributed by atoms with Gasteiger partial charge < -0.3 is 9.47 Å². The first-order valence-electron chi connectivity index (χ1n) is 7.91. The molecule has 0 aliphatic heterocycles. The molecule has 1 heterocycles. The molecular weight excluding hydrogens is 432 g/mol. The minimum Gasteiger partial charge on any atom is -0.481 e. The molecule has 1 aromatic heterocycles. The molecule has 138 valence electrons. The maximum atomic E-state index is 6.01. The number of ether oxygens (including phenoxy) is 2. The van der Waals surface area contributed by atoms with E-state index in [4.69, 9.17) is 21.1 Å². The molecule has 0 radical (unpaired) electrons. The first-order chi connectivity index (χ1) is 13.1. The van der Waals surface area contributed by atoms with Gasteiger partial charge in [-0.05, 0) is 36.4 Å². The van der Waals surface area contributed by atoms with E-state index in [-0.39, 0.29) is 0 Å². The molecule has 2 aromatic carbocycles. The van der Waals surface area contributed by atoms with Crippen LogP contribution in [0.3, 0.4) is 0 Å². The Balaban J connectivity index is 2.05. The van der Waals surface area contributed by atoms with E-state index in [1.807, 2.05) is 36.4 Å². The highest BCUT2D eigenvalue weighted by Crippen LogP contribution is 2.20. The molecule has 0 spiro atoms. The SMILES string of the molecule is COc1cc(OC)nc(/C(=N\Nc2ccc(Br)cc2)c2ccc(Cl)cc2)n1. The number of nitrogens with zero attached hydrogens (tertiary/aromatic N) is 3. The molecule has 0 fully saturated rings. The highest BCUT2D eigenvalue weighted by atomic mass is 79.9. The molecule has 0 atom stereocenters. The Morgan fingerprint density at radius 1 is 0.963 bits per heavy atom. The van der Waals surface area contributed by atoms with E-state index in [1.165, 1.54) is 14.2 Å². The maximum Gasteiger partial charge on any atom is 0.220 e. The Hall–Kier alpha value is -2.64. The van der Waals surface area contributed by atoms with E-state index in [2.05, 4.69) is 36.4 Å². The Kier molecular flexibility index (Phi) is 6.26. The van der Waals surface area contributed by atoms with Gasteiger partial charge in [-0.2, -0.15) is 15.1 Å². The molecule has 0 aliphatic carbocycles. The minimum absolute atomic E-state index is 0.359. The summed E-state index contributed by atoms with van der Waals surface area (Å²) in [7, 11) is 3.06. The van der Waals surface area contributed by atoms with Gasteiger partial charge in [0.1, 0.15) is 5.71 Å². The average molecular weight is 448 g/mol. The van der Waals surface area contributed by atoms with Crippen LogP contribution in [0.4, 0.5) is 5.69 Å². The quantitative estimate of drug-likeness (QED) is 0.435. The van der Waals surface area contributed by atoms with Crippen molar-refractivity contribution in [2.24, 2.45) is 5.10 Å². The van der Waals surface area contributed by atoms with Gasteiger partial charge in [0, 0.05) is 15.1 Å². The third kappa shape index (κ3) is 4.96. The summed E-state index contributed by atoms with van der Waals surface area (Å²) >= 11 is 9.43. The van der Waals surface area contributed by atoms with Crippen LogP contribution in [0, 0.1) is 0 Å². The van der Waals surface area contributed by atoms with Gasteiger partial charge >= 0.3 is 0 Å². The molecule has 0 bridgehead atoms. The number of halogens is 2. The van der Waals surface area contributed by atoms with Gasteiger partial charge in [-0.25, -0.2) is 0 Å². The fraction of sp³-hybridized carbons (Fsp3) is 0.105. The second-order valence-electron chi connectivity index (χ2n) is 5.36. The zero-order chi connectivity index (χ0) is 19.2. The van der Waals surface area contributed by atoms with Crippen molar-refractivity contribution in [3.8, 4) is 11.8 Å². The molecule has 1 N–H and O–H groups in total. The van der Waals surface area contributed by atoms with E-state index < -0.39 is 0 Å².